The summed E-state index contributed by atoms with van der Waals surface area (Å²) in [5, 5.41) is 5.75. The molecule has 0 saturated heterocycles. The summed E-state index contributed by atoms with van der Waals surface area (Å²) >= 11 is 0. The first-order valence-electron chi connectivity index (χ1n) is 4.08. The molecule has 0 amide bonds. The molecule has 1 aromatic rings. The zero-order chi connectivity index (χ0) is 9.52. The second kappa shape index (κ2) is 5.27. The van der Waals surface area contributed by atoms with Crippen molar-refractivity contribution in [2.24, 2.45) is 5.28 Å². The molecule has 0 atom stereocenters. The van der Waals surface area contributed by atoms with Gasteiger partial charge in [-0.1, -0.05) is 29.8 Å². The summed E-state index contributed by atoms with van der Waals surface area (Å²) < 4.78 is 0. The van der Waals surface area contributed by atoms with Gasteiger partial charge in [-0.05, 0) is 12.5 Å². The molecule has 1 rings (SSSR count). The van der Waals surface area contributed by atoms with Crippen molar-refractivity contribution < 1.29 is 4.84 Å². The van der Waals surface area contributed by atoms with Gasteiger partial charge in [0.05, 0.1) is 0 Å². The van der Waals surface area contributed by atoms with Crippen molar-refractivity contribution in [2.45, 2.75) is 13.5 Å². The molecular weight excluding hydrogens is 166 g/mol. The fourth-order valence-electron chi connectivity index (χ4n) is 0.979. The van der Waals surface area contributed by atoms with Crippen LogP contribution in [-0.4, -0.2) is 6.73 Å². The number of nitrogens with one attached hydrogen (secondary N) is 2. The fourth-order valence-corrected chi connectivity index (χ4v) is 0.979. The van der Waals surface area contributed by atoms with E-state index >= 15 is 0 Å². The average molecular weight is 179 g/mol. The van der Waals surface area contributed by atoms with Crippen molar-refractivity contribution >= 4 is 0 Å². The molecule has 0 fully saturated rings. The molecule has 2 N–H and O–H groups in total. The maximum Gasteiger partial charge on any atom is 0.170 e. The molecule has 0 aliphatic carbocycles. The van der Waals surface area contributed by atoms with Gasteiger partial charge in [0.2, 0.25) is 0 Å². The number of aryl methyl sites for hydroxylation is 1. The molecule has 0 radical (unpaired) electrons. The summed E-state index contributed by atoms with van der Waals surface area (Å²) in [4.78, 5) is 4.46. The third-order valence-corrected chi connectivity index (χ3v) is 1.68. The Labute approximate surface area is 77.4 Å². The predicted molar refractivity (Wildman–Crippen MR) is 49.1 cm³/mol. The predicted octanol–water partition coefficient (Wildman–Crippen LogP) is 2.00. The largest absolute Gasteiger partial charge is 0.364 e. The topological polar surface area (TPSA) is 57.5 Å². The van der Waals surface area contributed by atoms with Gasteiger partial charge in [0, 0.05) is 11.8 Å². The van der Waals surface area contributed by atoms with Crippen molar-refractivity contribution in [3.63, 3.8) is 0 Å². The highest BCUT2D eigenvalue weighted by Gasteiger charge is 1.91. The minimum Gasteiger partial charge on any atom is -0.364 e. The lowest BCUT2D eigenvalue weighted by molar-refractivity contribution is 0.0988. The van der Waals surface area contributed by atoms with Crippen LogP contribution >= 0.6 is 0 Å². The van der Waals surface area contributed by atoms with E-state index in [-0.39, 0.29) is 6.73 Å². The Balaban J connectivity index is 2.28. The Kier molecular flexibility index (Phi) is 3.92. The summed E-state index contributed by atoms with van der Waals surface area (Å²) in [6.45, 7) is 3.06. The quantitative estimate of drug-likeness (QED) is 0.314. The van der Waals surface area contributed by atoms with Crippen LogP contribution in [0.1, 0.15) is 11.1 Å². The zero-order valence-electron chi connectivity index (χ0n) is 7.58. The molecule has 0 heterocycles. The minimum atomic E-state index is 0.275. The second-order valence-electron chi connectivity index (χ2n) is 2.78. The van der Waals surface area contributed by atoms with Gasteiger partial charge in [0.25, 0.3) is 0 Å². The van der Waals surface area contributed by atoms with Gasteiger partial charge in [-0.3, -0.25) is 5.32 Å². The molecule has 0 aliphatic heterocycles. The minimum absolute atomic E-state index is 0.275. The molecule has 13 heavy (non-hydrogen) atoms. The van der Waals surface area contributed by atoms with Crippen LogP contribution < -0.4 is 5.32 Å². The second-order valence-corrected chi connectivity index (χ2v) is 2.78. The van der Waals surface area contributed by atoms with Crippen LogP contribution in [0.3, 0.4) is 0 Å². The first-order chi connectivity index (χ1) is 6.33. The fraction of sp³-hybridized carbons (Fsp3) is 0.333. The summed E-state index contributed by atoms with van der Waals surface area (Å²) in [7, 11) is 0. The van der Waals surface area contributed by atoms with Crippen molar-refractivity contribution in [1.29, 1.82) is 5.53 Å². The van der Waals surface area contributed by atoms with E-state index in [9.17, 15) is 0 Å². The van der Waals surface area contributed by atoms with Crippen molar-refractivity contribution in [1.82, 2.24) is 5.32 Å². The lowest BCUT2D eigenvalue weighted by Gasteiger charge is -2.02. The maximum absolute atomic E-state index is 6.38. The monoisotopic (exact) mass is 179 g/mol. The van der Waals surface area contributed by atoms with Crippen LogP contribution in [0.15, 0.2) is 29.5 Å². The number of rotatable bonds is 5. The summed E-state index contributed by atoms with van der Waals surface area (Å²) in [5.41, 5.74) is 8.82. The van der Waals surface area contributed by atoms with Crippen LogP contribution in [0.25, 0.3) is 0 Å². The Morgan fingerprint density at radius 2 is 2.08 bits per heavy atom. The molecule has 70 valence electrons. The maximum atomic E-state index is 6.38. The molecule has 0 unspecified atom stereocenters. The van der Waals surface area contributed by atoms with Gasteiger partial charge in [0.15, 0.2) is 6.73 Å². The molecule has 0 spiro atoms. The molecule has 4 heteroatoms. The highest BCUT2D eigenvalue weighted by atomic mass is 16.6. The lowest BCUT2D eigenvalue weighted by atomic mass is 10.1. The van der Waals surface area contributed by atoms with Gasteiger partial charge in [-0.15, -0.1) is 0 Å². The van der Waals surface area contributed by atoms with Crippen molar-refractivity contribution in [3.8, 4) is 0 Å². The Morgan fingerprint density at radius 1 is 1.38 bits per heavy atom. The Hall–Kier alpha value is -1.42. The molecular formula is C9H13N3O. The summed E-state index contributed by atoms with van der Waals surface area (Å²) in [5.74, 6) is 0. The van der Waals surface area contributed by atoms with Crippen LogP contribution in [0.2, 0.25) is 0 Å². The van der Waals surface area contributed by atoms with E-state index in [2.05, 4.69) is 46.6 Å². The first-order valence-corrected chi connectivity index (χ1v) is 4.08. The van der Waals surface area contributed by atoms with E-state index in [1.807, 2.05) is 0 Å². The van der Waals surface area contributed by atoms with Gasteiger partial charge in [0.1, 0.15) is 0 Å². The Bertz CT molecular complexity index is 258. The summed E-state index contributed by atoms with van der Waals surface area (Å²) in [6, 6.07) is 8.24. The highest BCUT2D eigenvalue weighted by Crippen LogP contribution is 2.01. The van der Waals surface area contributed by atoms with E-state index in [0.717, 1.165) is 6.54 Å². The third kappa shape index (κ3) is 3.66. The van der Waals surface area contributed by atoms with Crippen molar-refractivity contribution in [3.05, 3.63) is 35.4 Å². The lowest BCUT2D eigenvalue weighted by Crippen LogP contribution is -2.15. The van der Waals surface area contributed by atoms with Gasteiger partial charge >= 0.3 is 0 Å². The van der Waals surface area contributed by atoms with Gasteiger partial charge < -0.3 is 4.84 Å². The van der Waals surface area contributed by atoms with E-state index in [1.54, 1.807) is 0 Å². The molecule has 4 nitrogen and oxygen atoms in total. The molecule has 0 bridgehead atoms. The number of nitrogens with zero attached hydrogens (tertiary/aromatic N) is 1. The van der Waals surface area contributed by atoms with E-state index in [4.69, 9.17) is 5.53 Å². The molecule has 0 saturated carbocycles. The molecule has 0 aromatic heterocycles. The van der Waals surface area contributed by atoms with Gasteiger partial charge in [-0.25, -0.2) is 0 Å². The van der Waals surface area contributed by atoms with Crippen LogP contribution in [0.4, 0.5) is 0 Å². The van der Waals surface area contributed by atoms with Crippen molar-refractivity contribution in [2.75, 3.05) is 6.73 Å². The number of hydrogen-bond donors (Lipinski definition) is 2. The van der Waals surface area contributed by atoms with E-state index in [1.165, 1.54) is 11.1 Å². The van der Waals surface area contributed by atoms with Gasteiger partial charge in [-0.2, -0.15) is 5.53 Å². The smallest absolute Gasteiger partial charge is 0.170 e. The highest BCUT2D eigenvalue weighted by molar-refractivity contribution is 5.20. The zero-order valence-corrected chi connectivity index (χ0v) is 7.58. The van der Waals surface area contributed by atoms with Crippen LogP contribution in [-0.2, 0) is 11.4 Å². The van der Waals surface area contributed by atoms with E-state index < -0.39 is 0 Å². The standard InChI is InChI=1S/C9H13N3O/c1-8-2-4-9(5-3-8)6-11-7-13-12-10/h2-5,10-11H,6-7H2,1H3. The third-order valence-electron chi connectivity index (χ3n) is 1.68. The SMILES string of the molecule is Cc1ccc(CNCON=N)cc1. The average Bonchev–Trinajstić information content (AvgIpc) is 2.15. The van der Waals surface area contributed by atoms with Crippen LogP contribution in [0.5, 0.6) is 0 Å². The summed E-state index contributed by atoms with van der Waals surface area (Å²) in [6.07, 6.45) is 0. The Morgan fingerprint density at radius 3 is 2.69 bits per heavy atom. The van der Waals surface area contributed by atoms with Crippen LogP contribution in [0, 0.1) is 12.5 Å². The molecule has 0 aliphatic rings. The normalized spacial score (nSPS) is 9.62. The number of benzene rings is 1. The molecule has 1 aromatic carbocycles. The first kappa shape index (κ1) is 9.67. The van der Waals surface area contributed by atoms with E-state index in [0.29, 0.717) is 0 Å². The number of hydrogen-bond acceptors (Lipinski definition) is 4.